The number of hydrogen-bond acceptors (Lipinski definition) is 3. The molecule has 3 unspecified atom stereocenters. The number of ether oxygens (including phenoxy) is 1. The van der Waals surface area contributed by atoms with E-state index in [0.29, 0.717) is 23.3 Å². The zero-order valence-electron chi connectivity index (χ0n) is 14.4. The van der Waals surface area contributed by atoms with Crippen molar-refractivity contribution in [2.45, 2.75) is 31.3 Å². The van der Waals surface area contributed by atoms with Gasteiger partial charge in [-0.1, -0.05) is 42.5 Å². The second kappa shape index (κ2) is 5.23. The van der Waals surface area contributed by atoms with Crippen LogP contribution in [-0.4, -0.2) is 6.10 Å². The molecule has 2 fully saturated rings. The molecule has 2 heterocycles. The molecular formula is C23H20O3. The quantitative estimate of drug-likeness (QED) is 0.599. The first-order valence-electron chi connectivity index (χ1n) is 9.58. The van der Waals surface area contributed by atoms with Crippen LogP contribution in [0.15, 0.2) is 63.8 Å². The van der Waals surface area contributed by atoms with E-state index in [4.69, 9.17) is 9.15 Å². The molecule has 1 aromatic heterocycles. The zero-order chi connectivity index (χ0) is 17.3. The van der Waals surface area contributed by atoms with Crippen LogP contribution in [0.4, 0.5) is 0 Å². The predicted molar refractivity (Wildman–Crippen MR) is 99.5 cm³/mol. The summed E-state index contributed by atoms with van der Waals surface area (Å²) in [7, 11) is 0. The summed E-state index contributed by atoms with van der Waals surface area (Å²) in [5, 5.41) is 0.921. The fourth-order valence-electron chi connectivity index (χ4n) is 5.83. The highest BCUT2D eigenvalue weighted by molar-refractivity contribution is 5.85. The molecule has 1 aliphatic heterocycles. The lowest BCUT2D eigenvalue weighted by Gasteiger charge is -2.41. The van der Waals surface area contributed by atoms with Gasteiger partial charge in [-0.2, -0.15) is 0 Å². The van der Waals surface area contributed by atoms with Crippen molar-refractivity contribution in [1.29, 1.82) is 0 Å². The fourth-order valence-corrected chi connectivity index (χ4v) is 5.83. The molecule has 0 spiro atoms. The summed E-state index contributed by atoms with van der Waals surface area (Å²) in [6.07, 6.45) is 3.96. The standard InChI is InChI=1S/C23H20O3/c24-23-20-18(13-6-2-1-3-7-13)19-14-10-11-15(12-14)21(19)26-22(20)16-8-4-5-9-17(16)25-23/h1-9,14-15,18-19,21H,10-12H2/t14?,15?,18-,19?,21-/m0/s1. The van der Waals surface area contributed by atoms with Crippen LogP contribution in [0.5, 0.6) is 5.75 Å². The molecule has 0 N–H and O–H groups in total. The van der Waals surface area contributed by atoms with Crippen LogP contribution >= 0.6 is 0 Å². The van der Waals surface area contributed by atoms with Crippen molar-refractivity contribution >= 4 is 11.0 Å². The van der Waals surface area contributed by atoms with Gasteiger partial charge >= 0.3 is 5.63 Å². The van der Waals surface area contributed by atoms with E-state index >= 15 is 0 Å². The summed E-state index contributed by atoms with van der Waals surface area (Å²) in [5.74, 6) is 2.48. The van der Waals surface area contributed by atoms with E-state index in [1.165, 1.54) is 24.8 Å². The second-order valence-corrected chi connectivity index (χ2v) is 8.01. The van der Waals surface area contributed by atoms with Crippen LogP contribution in [0.2, 0.25) is 0 Å². The van der Waals surface area contributed by atoms with Crippen LogP contribution in [0.25, 0.3) is 11.0 Å². The highest BCUT2D eigenvalue weighted by atomic mass is 16.5. The number of rotatable bonds is 1. The Morgan fingerprint density at radius 1 is 0.885 bits per heavy atom. The van der Waals surface area contributed by atoms with E-state index in [1.54, 1.807) is 0 Å². The van der Waals surface area contributed by atoms with Crippen molar-refractivity contribution in [3.63, 3.8) is 0 Å². The molecule has 6 rings (SSSR count). The molecular weight excluding hydrogens is 324 g/mol. The largest absolute Gasteiger partial charge is 0.488 e. The van der Waals surface area contributed by atoms with E-state index in [-0.39, 0.29) is 17.6 Å². The van der Waals surface area contributed by atoms with Gasteiger partial charge in [0.15, 0.2) is 0 Å². The lowest BCUT2D eigenvalue weighted by molar-refractivity contribution is 0.0541. The topological polar surface area (TPSA) is 39.4 Å². The molecule has 2 aromatic carbocycles. The van der Waals surface area contributed by atoms with Gasteiger partial charge in [-0.05, 0) is 48.8 Å². The molecule has 26 heavy (non-hydrogen) atoms. The van der Waals surface area contributed by atoms with Gasteiger partial charge in [-0.3, -0.25) is 0 Å². The second-order valence-electron chi connectivity index (χ2n) is 8.01. The van der Waals surface area contributed by atoms with E-state index in [2.05, 4.69) is 24.3 Å². The molecule has 3 nitrogen and oxygen atoms in total. The third kappa shape index (κ3) is 1.86. The maximum atomic E-state index is 13.0. The number of fused-ring (bicyclic) bond motifs is 8. The zero-order valence-corrected chi connectivity index (χ0v) is 14.4. The highest BCUT2D eigenvalue weighted by Crippen LogP contribution is 2.59. The smallest absolute Gasteiger partial charge is 0.343 e. The average molecular weight is 344 g/mol. The Balaban J connectivity index is 1.66. The molecule has 2 aliphatic carbocycles. The monoisotopic (exact) mass is 344 g/mol. The Kier molecular flexibility index (Phi) is 2.94. The molecule has 3 aliphatic rings. The third-order valence-electron chi connectivity index (χ3n) is 6.81. The Morgan fingerprint density at radius 2 is 1.65 bits per heavy atom. The Labute approximate surface area is 151 Å². The first-order valence-corrected chi connectivity index (χ1v) is 9.58. The van der Waals surface area contributed by atoms with E-state index in [1.807, 2.05) is 30.3 Å². The average Bonchev–Trinajstić information content (AvgIpc) is 3.30. The Bertz CT molecular complexity index is 1050. The van der Waals surface area contributed by atoms with Crippen molar-refractivity contribution in [3.05, 3.63) is 76.1 Å². The number of hydrogen-bond donors (Lipinski definition) is 0. The Morgan fingerprint density at radius 3 is 2.54 bits per heavy atom. The van der Waals surface area contributed by atoms with Gasteiger partial charge in [0.1, 0.15) is 17.4 Å². The predicted octanol–water partition coefficient (Wildman–Crippen LogP) is 4.73. The third-order valence-corrected chi connectivity index (χ3v) is 6.81. The van der Waals surface area contributed by atoms with Crippen molar-refractivity contribution < 1.29 is 9.15 Å². The minimum absolute atomic E-state index is 0.0705. The van der Waals surface area contributed by atoms with Gasteiger partial charge in [-0.15, -0.1) is 0 Å². The SMILES string of the molecule is O=c1oc2ccccc2c2c1[C@@H](c1ccccc1)C1C3CCC(C3)[C@@H]1O2. The molecule has 0 radical (unpaired) electrons. The summed E-state index contributed by atoms with van der Waals surface area (Å²) in [6, 6.07) is 18.2. The van der Waals surface area contributed by atoms with Gasteiger partial charge in [0, 0.05) is 11.8 Å². The minimum atomic E-state index is -0.242. The maximum Gasteiger partial charge on any atom is 0.343 e. The van der Waals surface area contributed by atoms with Crippen LogP contribution in [0.1, 0.15) is 36.3 Å². The minimum Gasteiger partial charge on any atom is -0.488 e. The van der Waals surface area contributed by atoms with Crippen molar-refractivity contribution in [2.24, 2.45) is 17.8 Å². The molecule has 3 aromatic rings. The van der Waals surface area contributed by atoms with Gasteiger partial charge < -0.3 is 9.15 Å². The molecule has 0 amide bonds. The van der Waals surface area contributed by atoms with Crippen molar-refractivity contribution in [3.8, 4) is 5.75 Å². The molecule has 0 saturated heterocycles. The maximum absolute atomic E-state index is 13.0. The fraction of sp³-hybridized carbons (Fsp3) is 0.348. The van der Waals surface area contributed by atoms with Gasteiger partial charge in [0.2, 0.25) is 0 Å². The van der Waals surface area contributed by atoms with Crippen LogP contribution in [-0.2, 0) is 0 Å². The summed E-state index contributed by atoms with van der Waals surface area (Å²) >= 11 is 0. The molecule has 5 atom stereocenters. The van der Waals surface area contributed by atoms with Crippen LogP contribution in [0, 0.1) is 17.8 Å². The summed E-state index contributed by atoms with van der Waals surface area (Å²) in [6.45, 7) is 0. The van der Waals surface area contributed by atoms with Crippen molar-refractivity contribution in [2.75, 3.05) is 0 Å². The molecule has 2 bridgehead atoms. The first kappa shape index (κ1) is 14.6. The summed E-state index contributed by atoms with van der Waals surface area (Å²) in [5.41, 5.74) is 2.31. The molecule has 3 heteroatoms. The van der Waals surface area contributed by atoms with Crippen molar-refractivity contribution in [1.82, 2.24) is 0 Å². The van der Waals surface area contributed by atoms with Gasteiger partial charge in [0.25, 0.3) is 0 Å². The van der Waals surface area contributed by atoms with Crippen LogP contribution in [0.3, 0.4) is 0 Å². The summed E-state index contributed by atoms with van der Waals surface area (Å²) in [4.78, 5) is 13.0. The van der Waals surface area contributed by atoms with E-state index in [9.17, 15) is 4.79 Å². The van der Waals surface area contributed by atoms with E-state index < -0.39 is 0 Å². The van der Waals surface area contributed by atoms with Gasteiger partial charge in [0.05, 0.1) is 10.9 Å². The van der Waals surface area contributed by atoms with E-state index in [0.717, 1.165) is 16.7 Å². The lowest BCUT2D eigenvalue weighted by Crippen LogP contribution is -2.42. The lowest BCUT2D eigenvalue weighted by atomic mass is 9.70. The van der Waals surface area contributed by atoms with Crippen LogP contribution < -0.4 is 10.4 Å². The number of para-hydroxylation sites is 1. The van der Waals surface area contributed by atoms with Gasteiger partial charge in [-0.25, -0.2) is 4.79 Å². The normalized spacial score (nSPS) is 31.5. The molecule has 130 valence electrons. The first-order chi connectivity index (χ1) is 12.8. The summed E-state index contributed by atoms with van der Waals surface area (Å²) < 4.78 is 12.3. The highest BCUT2D eigenvalue weighted by Gasteiger charge is 2.56. The number of benzene rings is 2. The molecule has 2 saturated carbocycles. The Hall–Kier alpha value is -2.55.